The number of hydrogen-bond acceptors (Lipinski definition) is 5. The largest absolute Gasteiger partial charge is 0.491 e. The van der Waals surface area contributed by atoms with Crippen LogP contribution in [-0.2, 0) is 0 Å². The van der Waals surface area contributed by atoms with Gasteiger partial charge in [0.25, 0.3) is 0 Å². The van der Waals surface area contributed by atoms with Gasteiger partial charge in [0, 0.05) is 6.54 Å². The molecule has 0 spiro atoms. The predicted molar refractivity (Wildman–Crippen MR) is 62.7 cm³/mol. The molecule has 16 heavy (non-hydrogen) atoms. The summed E-state index contributed by atoms with van der Waals surface area (Å²) in [4.78, 5) is 8.09. The van der Waals surface area contributed by atoms with Crippen LogP contribution in [0.3, 0.4) is 0 Å². The maximum atomic E-state index is 5.18. The van der Waals surface area contributed by atoms with E-state index >= 15 is 0 Å². The quantitative estimate of drug-likeness (QED) is 0.792. The van der Waals surface area contributed by atoms with E-state index in [1.165, 1.54) is 19.2 Å². The van der Waals surface area contributed by atoms with E-state index in [1.54, 1.807) is 13.3 Å². The Hall–Kier alpha value is -1.36. The highest BCUT2D eigenvalue weighted by atomic mass is 16.5. The van der Waals surface area contributed by atoms with Crippen LogP contribution in [0.1, 0.15) is 12.8 Å². The maximum absolute atomic E-state index is 5.18. The molecule has 1 fully saturated rings. The average molecular weight is 222 g/mol. The molecular weight excluding hydrogens is 204 g/mol. The molecule has 0 saturated carbocycles. The lowest BCUT2D eigenvalue weighted by molar-refractivity contribution is 0.389. The monoisotopic (exact) mass is 222 g/mol. The lowest BCUT2D eigenvalue weighted by Gasteiger charge is -2.23. The van der Waals surface area contributed by atoms with Crippen molar-refractivity contribution in [1.82, 2.24) is 15.3 Å². The summed E-state index contributed by atoms with van der Waals surface area (Å²) in [5, 5.41) is 6.71. The van der Waals surface area contributed by atoms with Crippen LogP contribution in [0.15, 0.2) is 12.5 Å². The first-order valence-corrected chi connectivity index (χ1v) is 5.68. The second kappa shape index (κ2) is 5.65. The Bertz CT molecular complexity index is 326. The van der Waals surface area contributed by atoms with E-state index in [1.807, 2.05) is 0 Å². The fraction of sp³-hybridized carbons (Fsp3) is 0.636. The summed E-state index contributed by atoms with van der Waals surface area (Å²) < 4.78 is 5.18. The molecule has 2 N–H and O–H groups in total. The number of nitrogens with one attached hydrogen (secondary N) is 2. The van der Waals surface area contributed by atoms with Gasteiger partial charge in [-0.25, -0.2) is 9.97 Å². The van der Waals surface area contributed by atoms with Gasteiger partial charge in [0.1, 0.15) is 6.33 Å². The Labute approximate surface area is 95.6 Å². The predicted octanol–water partition coefficient (Wildman–Crippen LogP) is 0.897. The SMILES string of the molecule is COc1cncnc1NCC1CCCNC1. The molecule has 5 heteroatoms. The normalized spacial score (nSPS) is 20.4. The molecule has 0 aliphatic carbocycles. The highest BCUT2D eigenvalue weighted by Crippen LogP contribution is 2.19. The van der Waals surface area contributed by atoms with E-state index in [9.17, 15) is 0 Å². The third-order valence-electron chi connectivity index (χ3n) is 2.86. The molecule has 1 atom stereocenters. The lowest BCUT2D eigenvalue weighted by atomic mass is 10.00. The van der Waals surface area contributed by atoms with Crippen molar-refractivity contribution in [1.29, 1.82) is 0 Å². The van der Waals surface area contributed by atoms with Crippen molar-refractivity contribution in [2.75, 3.05) is 32.1 Å². The number of anilines is 1. The van der Waals surface area contributed by atoms with Gasteiger partial charge < -0.3 is 15.4 Å². The number of nitrogens with zero attached hydrogens (tertiary/aromatic N) is 2. The van der Waals surface area contributed by atoms with Crippen LogP contribution in [-0.4, -0.2) is 36.7 Å². The molecule has 1 aromatic heterocycles. The van der Waals surface area contributed by atoms with E-state index in [4.69, 9.17) is 4.74 Å². The summed E-state index contributed by atoms with van der Waals surface area (Å²) >= 11 is 0. The number of ether oxygens (including phenoxy) is 1. The summed E-state index contributed by atoms with van der Waals surface area (Å²) in [5.41, 5.74) is 0. The van der Waals surface area contributed by atoms with E-state index in [2.05, 4.69) is 20.6 Å². The summed E-state index contributed by atoms with van der Waals surface area (Å²) in [7, 11) is 1.63. The summed E-state index contributed by atoms with van der Waals surface area (Å²) in [6, 6.07) is 0. The van der Waals surface area contributed by atoms with E-state index in [-0.39, 0.29) is 0 Å². The van der Waals surface area contributed by atoms with E-state index < -0.39 is 0 Å². The Kier molecular flexibility index (Phi) is 3.93. The zero-order valence-electron chi connectivity index (χ0n) is 9.57. The van der Waals surface area contributed by atoms with Gasteiger partial charge in [-0.3, -0.25) is 0 Å². The molecule has 5 nitrogen and oxygen atoms in total. The standard InChI is InChI=1S/C11H18N4O/c1-16-10-7-13-8-15-11(10)14-6-9-3-2-4-12-5-9/h7-9,12H,2-6H2,1H3,(H,13,14,15). The molecule has 0 aromatic carbocycles. The average Bonchev–Trinajstić information content (AvgIpc) is 2.38. The van der Waals surface area contributed by atoms with E-state index in [0.29, 0.717) is 11.7 Å². The number of hydrogen-bond donors (Lipinski definition) is 2. The molecule has 0 amide bonds. The number of piperidine rings is 1. The Morgan fingerprint density at radius 1 is 1.62 bits per heavy atom. The highest BCUT2D eigenvalue weighted by Gasteiger charge is 2.13. The number of aromatic nitrogens is 2. The first kappa shape index (κ1) is 11.1. The Balaban J connectivity index is 1.88. The van der Waals surface area contributed by atoms with Crippen LogP contribution < -0.4 is 15.4 Å². The van der Waals surface area contributed by atoms with Crippen LogP contribution in [0, 0.1) is 5.92 Å². The van der Waals surface area contributed by atoms with Gasteiger partial charge in [0.05, 0.1) is 13.3 Å². The van der Waals surface area contributed by atoms with Crippen molar-refractivity contribution >= 4 is 5.82 Å². The van der Waals surface area contributed by atoms with Crippen molar-refractivity contribution in [2.45, 2.75) is 12.8 Å². The van der Waals surface area contributed by atoms with Gasteiger partial charge >= 0.3 is 0 Å². The van der Waals surface area contributed by atoms with Crippen molar-refractivity contribution in [2.24, 2.45) is 5.92 Å². The van der Waals surface area contributed by atoms with Gasteiger partial charge in [-0.1, -0.05) is 0 Å². The molecule has 1 aromatic rings. The van der Waals surface area contributed by atoms with Crippen molar-refractivity contribution in [3.05, 3.63) is 12.5 Å². The summed E-state index contributed by atoms with van der Waals surface area (Å²) in [6.07, 6.45) is 5.74. The smallest absolute Gasteiger partial charge is 0.179 e. The van der Waals surface area contributed by atoms with Crippen molar-refractivity contribution < 1.29 is 4.74 Å². The van der Waals surface area contributed by atoms with Crippen LogP contribution >= 0.6 is 0 Å². The number of methoxy groups -OCH3 is 1. The van der Waals surface area contributed by atoms with Crippen molar-refractivity contribution in [3.63, 3.8) is 0 Å². The van der Waals surface area contributed by atoms with Crippen LogP contribution in [0.5, 0.6) is 5.75 Å². The highest BCUT2D eigenvalue weighted by molar-refractivity contribution is 5.47. The topological polar surface area (TPSA) is 59.1 Å². The Morgan fingerprint density at radius 2 is 2.56 bits per heavy atom. The minimum absolute atomic E-state index is 0.674. The molecule has 0 radical (unpaired) electrons. The van der Waals surface area contributed by atoms with Crippen LogP contribution in [0.25, 0.3) is 0 Å². The molecule has 0 bridgehead atoms. The summed E-state index contributed by atoms with van der Waals surface area (Å²) in [5.74, 6) is 2.16. The molecule has 1 saturated heterocycles. The molecule has 88 valence electrons. The molecule has 1 unspecified atom stereocenters. The fourth-order valence-electron chi connectivity index (χ4n) is 1.94. The molecule has 2 heterocycles. The Morgan fingerprint density at radius 3 is 3.31 bits per heavy atom. The fourth-order valence-corrected chi connectivity index (χ4v) is 1.94. The molecule has 1 aliphatic rings. The number of rotatable bonds is 4. The first-order valence-electron chi connectivity index (χ1n) is 5.68. The zero-order chi connectivity index (χ0) is 11.2. The van der Waals surface area contributed by atoms with E-state index in [0.717, 1.165) is 25.5 Å². The lowest BCUT2D eigenvalue weighted by Crippen LogP contribution is -2.33. The first-order chi connectivity index (χ1) is 7.90. The van der Waals surface area contributed by atoms with Gasteiger partial charge in [0.15, 0.2) is 11.6 Å². The van der Waals surface area contributed by atoms with Gasteiger partial charge in [-0.2, -0.15) is 0 Å². The second-order valence-corrected chi connectivity index (χ2v) is 4.03. The molecule has 2 rings (SSSR count). The molecule has 1 aliphatic heterocycles. The molecular formula is C11H18N4O. The minimum atomic E-state index is 0.674. The summed E-state index contributed by atoms with van der Waals surface area (Å²) in [6.45, 7) is 3.16. The minimum Gasteiger partial charge on any atom is -0.491 e. The van der Waals surface area contributed by atoms with Crippen LogP contribution in [0.2, 0.25) is 0 Å². The second-order valence-electron chi connectivity index (χ2n) is 4.03. The third kappa shape index (κ3) is 2.82. The van der Waals surface area contributed by atoms with Crippen LogP contribution in [0.4, 0.5) is 5.82 Å². The van der Waals surface area contributed by atoms with Crippen molar-refractivity contribution in [3.8, 4) is 5.75 Å². The van der Waals surface area contributed by atoms with Gasteiger partial charge in [0.2, 0.25) is 0 Å². The van der Waals surface area contributed by atoms with Gasteiger partial charge in [-0.15, -0.1) is 0 Å². The maximum Gasteiger partial charge on any atom is 0.179 e. The third-order valence-corrected chi connectivity index (χ3v) is 2.86. The van der Waals surface area contributed by atoms with Gasteiger partial charge in [-0.05, 0) is 31.8 Å². The zero-order valence-corrected chi connectivity index (χ0v) is 9.57.